The Morgan fingerprint density at radius 2 is 2.12 bits per heavy atom. The monoisotopic (exact) mass is 345 g/mol. The second-order valence-corrected chi connectivity index (χ2v) is 6.94. The summed E-state index contributed by atoms with van der Waals surface area (Å²) in [5.41, 5.74) is 2.25. The number of nitrogens with zero attached hydrogens (tertiary/aromatic N) is 3. The normalized spacial score (nSPS) is 19.9. The predicted molar refractivity (Wildman–Crippen MR) is 91.6 cm³/mol. The SMILES string of the molecule is Cn1c(=O)[nH]cc(CCN2CCC3(CC2)OCCc2cn[nH]c23)c1=O. The summed E-state index contributed by atoms with van der Waals surface area (Å²) in [6.07, 6.45) is 6.85. The van der Waals surface area contributed by atoms with E-state index in [2.05, 4.69) is 20.1 Å². The van der Waals surface area contributed by atoms with Crippen LogP contribution in [0.15, 0.2) is 22.0 Å². The molecule has 2 aliphatic heterocycles. The number of ether oxygens (including phenoxy) is 1. The van der Waals surface area contributed by atoms with Gasteiger partial charge in [-0.05, 0) is 31.2 Å². The van der Waals surface area contributed by atoms with Crippen molar-refractivity contribution in [3.05, 3.63) is 50.1 Å². The van der Waals surface area contributed by atoms with Gasteiger partial charge in [-0.2, -0.15) is 5.10 Å². The van der Waals surface area contributed by atoms with Crippen LogP contribution in [-0.4, -0.2) is 50.9 Å². The van der Waals surface area contributed by atoms with Crippen LogP contribution < -0.4 is 11.2 Å². The fraction of sp³-hybridized carbons (Fsp3) is 0.588. The van der Waals surface area contributed by atoms with Crippen LogP contribution in [-0.2, 0) is 30.2 Å². The van der Waals surface area contributed by atoms with Gasteiger partial charge in [0.05, 0.1) is 18.5 Å². The maximum absolute atomic E-state index is 12.1. The van der Waals surface area contributed by atoms with Crippen molar-refractivity contribution in [3.63, 3.8) is 0 Å². The highest BCUT2D eigenvalue weighted by atomic mass is 16.5. The minimum Gasteiger partial charge on any atom is -0.368 e. The van der Waals surface area contributed by atoms with Crippen molar-refractivity contribution in [2.75, 3.05) is 26.2 Å². The summed E-state index contributed by atoms with van der Waals surface area (Å²) in [5, 5.41) is 7.33. The van der Waals surface area contributed by atoms with Crippen molar-refractivity contribution in [3.8, 4) is 0 Å². The van der Waals surface area contributed by atoms with E-state index in [-0.39, 0.29) is 16.9 Å². The molecule has 8 heteroatoms. The highest BCUT2D eigenvalue weighted by Gasteiger charge is 2.42. The van der Waals surface area contributed by atoms with Crippen molar-refractivity contribution in [2.45, 2.75) is 31.3 Å². The van der Waals surface area contributed by atoms with E-state index in [9.17, 15) is 9.59 Å². The number of aromatic amines is 2. The third-order valence-corrected chi connectivity index (χ3v) is 5.54. The lowest BCUT2D eigenvalue weighted by atomic mass is 9.83. The Labute approximate surface area is 144 Å². The smallest absolute Gasteiger partial charge is 0.328 e. The second kappa shape index (κ2) is 6.27. The molecule has 25 heavy (non-hydrogen) atoms. The summed E-state index contributed by atoms with van der Waals surface area (Å²) < 4.78 is 7.28. The molecule has 8 nitrogen and oxygen atoms in total. The lowest BCUT2D eigenvalue weighted by Crippen LogP contribution is -2.47. The van der Waals surface area contributed by atoms with Gasteiger partial charge >= 0.3 is 5.69 Å². The van der Waals surface area contributed by atoms with E-state index in [1.54, 1.807) is 0 Å². The molecule has 2 N–H and O–H groups in total. The molecular weight excluding hydrogens is 322 g/mol. The van der Waals surface area contributed by atoms with Crippen molar-refractivity contribution in [2.24, 2.45) is 7.05 Å². The summed E-state index contributed by atoms with van der Waals surface area (Å²) in [6, 6.07) is 0. The van der Waals surface area contributed by atoms with E-state index in [0.717, 1.165) is 55.8 Å². The van der Waals surface area contributed by atoms with Crippen LogP contribution in [0, 0.1) is 0 Å². The average molecular weight is 345 g/mol. The van der Waals surface area contributed by atoms with Crippen LogP contribution in [0.25, 0.3) is 0 Å². The molecule has 1 fully saturated rings. The van der Waals surface area contributed by atoms with Gasteiger partial charge in [0.25, 0.3) is 5.56 Å². The van der Waals surface area contributed by atoms with E-state index in [1.165, 1.54) is 18.8 Å². The number of likely N-dealkylation sites (tertiary alicyclic amines) is 1. The molecule has 0 aliphatic carbocycles. The van der Waals surface area contributed by atoms with Crippen LogP contribution in [0.2, 0.25) is 0 Å². The van der Waals surface area contributed by atoms with E-state index in [1.807, 2.05) is 6.20 Å². The molecular formula is C17H23N5O3. The molecule has 0 atom stereocenters. The predicted octanol–water partition coefficient (Wildman–Crippen LogP) is -0.0968. The minimum absolute atomic E-state index is 0.213. The lowest BCUT2D eigenvalue weighted by molar-refractivity contribution is -0.100. The standard InChI is InChI=1S/C17H23N5O3/c1-21-15(23)13(10-18-16(21)24)2-6-22-7-4-17(5-8-22)14-12(3-9-25-17)11-19-20-14/h10-11H,2-9H2,1H3,(H,18,24)(H,19,20). The molecule has 4 rings (SSSR count). The van der Waals surface area contributed by atoms with E-state index >= 15 is 0 Å². The minimum atomic E-state index is -0.376. The maximum atomic E-state index is 12.1. The molecule has 0 unspecified atom stereocenters. The molecule has 2 aromatic heterocycles. The Bertz CT molecular complexity index is 873. The van der Waals surface area contributed by atoms with Gasteiger partial charge in [-0.3, -0.25) is 14.5 Å². The molecule has 0 amide bonds. The van der Waals surface area contributed by atoms with Gasteiger partial charge in [-0.25, -0.2) is 4.79 Å². The molecule has 1 saturated heterocycles. The average Bonchev–Trinajstić information content (AvgIpc) is 3.11. The number of H-pyrrole nitrogens is 2. The summed E-state index contributed by atoms with van der Waals surface area (Å²) in [4.78, 5) is 28.5. The van der Waals surface area contributed by atoms with Crippen LogP contribution in [0.4, 0.5) is 0 Å². The molecule has 4 heterocycles. The molecule has 0 saturated carbocycles. The topological polar surface area (TPSA) is 96.0 Å². The highest BCUT2D eigenvalue weighted by Crippen LogP contribution is 2.40. The van der Waals surface area contributed by atoms with Gasteiger partial charge in [0, 0.05) is 38.4 Å². The number of fused-ring (bicyclic) bond motifs is 2. The quantitative estimate of drug-likeness (QED) is 0.810. The third-order valence-electron chi connectivity index (χ3n) is 5.54. The number of rotatable bonds is 3. The molecule has 2 aromatic rings. The zero-order valence-corrected chi connectivity index (χ0v) is 14.4. The van der Waals surface area contributed by atoms with Crippen LogP contribution in [0.3, 0.4) is 0 Å². The fourth-order valence-corrected chi connectivity index (χ4v) is 3.93. The highest BCUT2D eigenvalue weighted by molar-refractivity contribution is 5.26. The molecule has 1 spiro atoms. The summed E-state index contributed by atoms with van der Waals surface area (Å²) in [5.74, 6) is 0. The Morgan fingerprint density at radius 3 is 2.92 bits per heavy atom. The number of hydrogen-bond donors (Lipinski definition) is 2. The zero-order chi connectivity index (χ0) is 17.4. The number of nitrogens with one attached hydrogen (secondary N) is 2. The maximum Gasteiger partial charge on any atom is 0.328 e. The fourth-order valence-electron chi connectivity index (χ4n) is 3.93. The van der Waals surface area contributed by atoms with Gasteiger partial charge in [-0.1, -0.05) is 0 Å². The molecule has 2 aliphatic rings. The Hall–Kier alpha value is -2.19. The van der Waals surface area contributed by atoms with Gasteiger partial charge < -0.3 is 14.6 Å². The largest absolute Gasteiger partial charge is 0.368 e. The summed E-state index contributed by atoms with van der Waals surface area (Å²) >= 11 is 0. The lowest BCUT2D eigenvalue weighted by Gasteiger charge is -2.43. The van der Waals surface area contributed by atoms with E-state index in [0.29, 0.717) is 12.0 Å². The first kappa shape index (κ1) is 16.3. The number of piperidine rings is 1. The Morgan fingerprint density at radius 1 is 1.32 bits per heavy atom. The van der Waals surface area contributed by atoms with Crippen LogP contribution >= 0.6 is 0 Å². The summed E-state index contributed by atoms with van der Waals surface area (Å²) in [6.45, 7) is 3.39. The first-order valence-electron chi connectivity index (χ1n) is 8.76. The van der Waals surface area contributed by atoms with Gasteiger partial charge in [0.15, 0.2) is 0 Å². The van der Waals surface area contributed by atoms with Gasteiger partial charge in [-0.15, -0.1) is 0 Å². The van der Waals surface area contributed by atoms with Crippen LogP contribution in [0.1, 0.15) is 29.7 Å². The van der Waals surface area contributed by atoms with Gasteiger partial charge in [0.2, 0.25) is 0 Å². The third kappa shape index (κ3) is 2.85. The van der Waals surface area contributed by atoms with E-state index < -0.39 is 0 Å². The number of aromatic nitrogens is 4. The first-order chi connectivity index (χ1) is 12.1. The van der Waals surface area contributed by atoms with Crippen molar-refractivity contribution in [1.82, 2.24) is 24.6 Å². The van der Waals surface area contributed by atoms with E-state index in [4.69, 9.17) is 4.74 Å². The summed E-state index contributed by atoms with van der Waals surface area (Å²) in [7, 11) is 1.50. The number of hydrogen-bond acceptors (Lipinski definition) is 5. The Kier molecular flexibility index (Phi) is 4.09. The second-order valence-electron chi connectivity index (χ2n) is 6.94. The van der Waals surface area contributed by atoms with Crippen LogP contribution in [0.5, 0.6) is 0 Å². The molecule has 0 aromatic carbocycles. The van der Waals surface area contributed by atoms with Crippen molar-refractivity contribution < 1.29 is 4.74 Å². The zero-order valence-electron chi connectivity index (χ0n) is 14.4. The van der Waals surface area contributed by atoms with Crippen molar-refractivity contribution >= 4 is 0 Å². The molecule has 0 radical (unpaired) electrons. The molecule has 0 bridgehead atoms. The molecule has 134 valence electrons. The first-order valence-corrected chi connectivity index (χ1v) is 8.76. The van der Waals surface area contributed by atoms with Crippen molar-refractivity contribution in [1.29, 1.82) is 0 Å². The van der Waals surface area contributed by atoms with Gasteiger partial charge in [0.1, 0.15) is 5.60 Å². The Balaban J connectivity index is 1.40.